The summed E-state index contributed by atoms with van der Waals surface area (Å²) in [5.41, 5.74) is 1.18. The van der Waals surface area contributed by atoms with Gasteiger partial charge in [0.2, 0.25) is 5.91 Å². The van der Waals surface area contributed by atoms with Crippen molar-refractivity contribution in [1.82, 2.24) is 15.5 Å². The van der Waals surface area contributed by atoms with E-state index in [2.05, 4.69) is 34.7 Å². The van der Waals surface area contributed by atoms with Crippen LogP contribution in [0, 0.1) is 0 Å². The number of halogens is 1. The summed E-state index contributed by atoms with van der Waals surface area (Å²) in [5, 5.41) is 6.51. The van der Waals surface area contributed by atoms with Gasteiger partial charge in [-0.15, -0.1) is 24.0 Å². The van der Waals surface area contributed by atoms with E-state index in [0.717, 1.165) is 32.5 Å². The number of nitrogens with zero attached hydrogens (tertiary/aromatic N) is 2. The lowest BCUT2D eigenvalue weighted by atomic mass is 10.1. The Morgan fingerprint density at radius 3 is 2.31 bits per heavy atom. The third-order valence-corrected chi connectivity index (χ3v) is 4.08. The van der Waals surface area contributed by atoms with Crippen molar-refractivity contribution >= 4 is 35.8 Å². The summed E-state index contributed by atoms with van der Waals surface area (Å²) >= 11 is 0. The lowest BCUT2D eigenvalue weighted by Gasteiger charge is -2.15. The number of benzene rings is 1. The van der Waals surface area contributed by atoms with Crippen molar-refractivity contribution in [3.05, 3.63) is 35.9 Å². The SMILES string of the molecule is CCOCCCNC(=NCC(=O)N(C)C)NCCCOC(C)c1ccccc1.I. The topological polar surface area (TPSA) is 75.2 Å². The van der Waals surface area contributed by atoms with Gasteiger partial charge in [-0.1, -0.05) is 30.3 Å². The summed E-state index contributed by atoms with van der Waals surface area (Å²) in [6.07, 6.45) is 1.80. The molecule has 166 valence electrons. The van der Waals surface area contributed by atoms with E-state index in [-0.39, 0.29) is 42.5 Å². The lowest BCUT2D eigenvalue weighted by Crippen LogP contribution is -2.40. The summed E-state index contributed by atoms with van der Waals surface area (Å²) in [4.78, 5) is 17.7. The molecule has 1 rings (SSSR count). The van der Waals surface area contributed by atoms with Crippen molar-refractivity contribution < 1.29 is 14.3 Å². The van der Waals surface area contributed by atoms with E-state index < -0.39 is 0 Å². The van der Waals surface area contributed by atoms with Gasteiger partial charge in [0.25, 0.3) is 0 Å². The molecular formula is C21H37IN4O3. The number of amides is 1. The van der Waals surface area contributed by atoms with Crippen LogP contribution in [0.5, 0.6) is 0 Å². The highest BCUT2D eigenvalue weighted by atomic mass is 127. The Kier molecular flexibility index (Phi) is 16.6. The Labute approximate surface area is 192 Å². The van der Waals surface area contributed by atoms with E-state index in [1.54, 1.807) is 14.1 Å². The van der Waals surface area contributed by atoms with Crippen LogP contribution in [0.1, 0.15) is 38.4 Å². The normalized spacial score (nSPS) is 12.1. The van der Waals surface area contributed by atoms with Crippen molar-refractivity contribution in [2.75, 3.05) is 53.6 Å². The number of hydrogen-bond donors (Lipinski definition) is 2. The van der Waals surface area contributed by atoms with Crippen LogP contribution in [0.25, 0.3) is 0 Å². The van der Waals surface area contributed by atoms with Gasteiger partial charge >= 0.3 is 0 Å². The monoisotopic (exact) mass is 520 g/mol. The molecule has 1 aromatic carbocycles. The zero-order valence-corrected chi connectivity index (χ0v) is 20.5. The number of rotatable bonds is 13. The fraction of sp³-hybridized carbons (Fsp3) is 0.619. The first kappa shape index (κ1) is 27.6. The van der Waals surface area contributed by atoms with Gasteiger partial charge in [0.15, 0.2) is 5.96 Å². The highest BCUT2D eigenvalue weighted by Gasteiger charge is 2.06. The van der Waals surface area contributed by atoms with Gasteiger partial charge in [-0.2, -0.15) is 0 Å². The van der Waals surface area contributed by atoms with Crippen LogP contribution < -0.4 is 10.6 Å². The highest BCUT2D eigenvalue weighted by Crippen LogP contribution is 2.15. The largest absolute Gasteiger partial charge is 0.382 e. The van der Waals surface area contributed by atoms with E-state index in [1.165, 1.54) is 10.5 Å². The standard InChI is InChI=1S/C21H36N4O3.HI/c1-5-27-15-9-13-22-21(24-17-20(26)25(3)4)23-14-10-16-28-18(2)19-11-7-6-8-12-19;/h6-8,11-12,18H,5,9-10,13-17H2,1-4H3,(H2,22,23,24);1H. The minimum absolute atomic E-state index is 0. The molecule has 0 fully saturated rings. The maximum atomic E-state index is 11.8. The van der Waals surface area contributed by atoms with Crippen LogP contribution in [0.4, 0.5) is 0 Å². The van der Waals surface area contributed by atoms with Crippen LogP contribution in [0.15, 0.2) is 35.3 Å². The number of hydrogen-bond acceptors (Lipinski definition) is 4. The maximum Gasteiger partial charge on any atom is 0.243 e. The Morgan fingerprint density at radius 2 is 1.72 bits per heavy atom. The molecule has 0 aliphatic rings. The molecule has 7 nitrogen and oxygen atoms in total. The third kappa shape index (κ3) is 13.5. The summed E-state index contributed by atoms with van der Waals surface area (Å²) < 4.78 is 11.2. The number of guanidine groups is 1. The molecule has 2 N–H and O–H groups in total. The molecule has 0 heterocycles. The second kappa shape index (κ2) is 17.5. The number of aliphatic imine (C=N–C) groups is 1. The van der Waals surface area contributed by atoms with Gasteiger partial charge in [-0.05, 0) is 32.3 Å². The summed E-state index contributed by atoms with van der Waals surface area (Å²) in [7, 11) is 3.46. The summed E-state index contributed by atoms with van der Waals surface area (Å²) in [6.45, 7) is 7.69. The van der Waals surface area contributed by atoms with Gasteiger partial charge in [0.1, 0.15) is 6.54 Å². The predicted molar refractivity (Wildman–Crippen MR) is 129 cm³/mol. The fourth-order valence-electron chi connectivity index (χ4n) is 2.35. The molecule has 8 heteroatoms. The second-order valence-corrected chi connectivity index (χ2v) is 6.63. The molecule has 29 heavy (non-hydrogen) atoms. The number of likely N-dealkylation sites (N-methyl/N-ethyl adjacent to an activating group) is 1. The maximum absolute atomic E-state index is 11.8. The minimum atomic E-state index is -0.0320. The summed E-state index contributed by atoms with van der Waals surface area (Å²) in [5.74, 6) is 0.609. The van der Waals surface area contributed by atoms with Gasteiger partial charge in [-0.25, -0.2) is 4.99 Å². The van der Waals surface area contributed by atoms with Crippen LogP contribution in [-0.2, 0) is 14.3 Å². The van der Waals surface area contributed by atoms with Gasteiger partial charge in [0.05, 0.1) is 6.10 Å². The number of carbonyl (C=O) groups is 1. The molecule has 0 saturated carbocycles. The molecule has 0 aliphatic carbocycles. The summed E-state index contributed by atoms with van der Waals surface area (Å²) in [6, 6.07) is 10.2. The van der Waals surface area contributed by atoms with E-state index in [9.17, 15) is 4.79 Å². The van der Waals surface area contributed by atoms with Crippen molar-refractivity contribution in [3.8, 4) is 0 Å². The van der Waals surface area contributed by atoms with Crippen LogP contribution in [0.2, 0.25) is 0 Å². The highest BCUT2D eigenvalue weighted by molar-refractivity contribution is 14.0. The fourth-order valence-corrected chi connectivity index (χ4v) is 2.35. The average Bonchev–Trinajstić information content (AvgIpc) is 2.71. The number of nitrogens with one attached hydrogen (secondary N) is 2. The first-order valence-electron chi connectivity index (χ1n) is 10.0. The Bertz CT molecular complexity index is 570. The quantitative estimate of drug-likeness (QED) is 0.181. The van der Waals surface area contributed by atoms with Gasteiger partial charge in [0, 0.05) is 47.0 Å². The van der Waals surface area contributed by atoms with E-state index in [4.69, 9.17) is 9.47 Å². The molecule has 0 bridgehead atoms. The Morgan fingerprint density at radius 1 is 1.10 bits per heavy atom. The van der Waals surface area contributed by atoms with E-state index >= 15 is 0 Å². The molecule has 0 aliphatic heterocycles. The first-order valence-corrected chi connectivity index (χ1v) is 10.0. The molecule has 0 saturated heterocycles. The molecular weight excluding hydrogens is 483 g/mol. The second-order valence-electron chi connectivity index (χ2n) is 6.63. The van der Waals surface area contributed by atoms with E-state index in [0.29, 0.717) is 19.2 Å². The van der Waals surface area contributed by atoms with Crippen LogP contribution >= 0.6 is 24.0 Å². The van der Waals surface area contributed by atoms with Crippen molar-refractivity contribution in [2.24, 2.45) is 4.99 Å². The smallest absolute Gasteiger partial charge is 0.243 e. The van der Waals surface area contributed by atoms with Crippen LogP contribution in [-0.4, -0.2) is 70.3 Å². The first-order chi connectivity index (χ1) is 13.5. The molecule has 0 aromatic heterocycles. The zero-order valence-electron chi connectivity index (χ0n) is 18.1. The Hall–Kier alpha value is -1.39. The minimum Gasteiger partial charge on any atom is -0.382 e. The molecule has 1 atom stereocenters. The number of ether oxygens (including phenoxy) is 2. The zero-order chi connectivity index (χ0) is 20.6. The third-order valence-electron chi connectivity index (χ3n) is 4.08. The van der Waals surface area contributed by atoms with Crippen LogP contribution in [0.3, 0.4) is 0 Å². The van der Waals surface area contributed by atoms with Gasteiger partial charge in [-0.3, -0.25) is 4.79 Å². The predicted octanol–water partition coefficient (Wildman–Crippen LogP) is 2.82. The van der Waals surface area contributed by atoms with E-state index in [1.807, 2.05) is 25.1 Å². The Balaban J connectivity index is 0.00000784. The van der Waals surface area contributed by atoms with Crippen molar-refractivity contribution in [1.29, 1.82) is 0 Å². The molecule has 1 unspecified atom stereocenters. The van der Waals surface area contributed by atoms with Crippen molar-refractivity contribution in [3.63, 3.8) is 0 Å². The van der Waals surface area contributed by atoms with Crippen molar-refractivity contribution in [2.45, 2.75) is 32.8 Å². The average molecular weight is 520 g/mol. The molecule has 1 aromatic rings. The number of carbonyl (C=O) groups excluding carboxylic acids is 1. The molecule has 0 spiro atoms. The molecule has 0 radical (unpaired) electrons. The molecule has 1 amide bonds. The van der Waals surface area contributed by atoms with Gasteiger partial charge < -0.3 is 25.0 Å². The lowest BCUT2D eigenvalue weighted by molar-refractivity contribution is -0.127.